The van der Waals surface area contributed by atoms with E-state index in [0.717, 1.165) is 0 Å². The van der Waals surface area contributed by atoms with E-state index in [-0.39, 0.29) is 13.0 Å². The Morgan fingerprint density at radius 1 is 1.22 bits per heavy atom. The first kappa shape index (κ1) is 22.0. The number of carboxylic acid groups (broad SMARTS) is 1. The number of rotatable bonds is 6. The molecule has 2 saturated heterocycles. The van der Waals surface area contributed by atoms with Crippen molar-refractivity contribution in [1.82, 2.24) is 5.32 Å². The maximum Gasteiger partial charge on any atom is 0.335 e. The topological polar surface area (TPSA) is 164 Å². The smallest absolute Gasteiger partial charge is 0.335 e. The molecule has 0 spiro atoms. The Balaban J connectivity index is 2.19. The van der Waals surface area contributed by atoms with Crippen molar-refractivity contribution in [2.24, 2.45) is 5.92 Å². The van der Waals surface area contributed by atoms with Crippen LogP contribution in [0.5, 0.6) is 0 Å². The Labute approximate surface area is 156 Å². The highest BCUT2D eigenvalue weighted by atomic mass is 16.7. The van der Waals surface area contributed by atoms with Crippen molar-refractivity contribution < 1.29 is 49.0 Å². The molecule has 1 amide bonds. The van der Waals surface area contributed by atoms with Gasteiger partial charge in [0, 0.05) is 26.4 Å². The third-order valence-corrected chi connectivity index (χ3v) is 4.86. The van der Waals surface area contributed by atoms with Gasteiger partial charge in [-0.1, -0.05) is 6.92 Å². The molecule has 0 saturated carbocycles. The average molecular weight is 393 g/mol. The van der Waals surface area contributed by atoms with Crippen LogP contribution in [0.1, 0.15) is 20.3 Å². The highest BCUT2D eigenvalue weighted by Gasteiger charge is 2.48. The molecule has 27 heavy (non-hydrogen) atoms. The normalized spacial score (nSPS) is 42.5. The predicted octanol–water partition coefficient (Wildman–Crippen LogP) is -2.20. The molecule has 2 rings (SSSR count). The quantitative estimate of drug-likeness (QED) is 0.334. The summed E-state index contributed by atoms with van der Waals surface area (Å²) < 4.78 is 21.6. The number of nitrogens with one attached hydrogen (secondary N) is 1. The van der Waals surface area contributed by atoms with Gasteiger partial charge in [-0.3, -0.25) is 4.79 Å². The number of carbonyl (C=O) groups excluding carboxylic acids is 1. The number of ether oxygens (including phenoxy) is 4. The monoisotopic (exact) mass is 393 g/mol. The van der Waals surface area contributed by atoms with E-state index in [9.17, 15) is 30.0 Å². The molecular weight excluding hydrogens is 366 g/mol. The molecule has 11 nitrogen and oxygen atoms in total. The molecule has 2 heterocycles. The van der Waals surface area contributed by atoms with Crippen molar-refractivity contribution in [3.63, 3.8) is 0 Å². The first-order valence-corrected chi connectivity index (χ1v) is 8.65. The molecule has 5 N–H and O–H groups in total. The van der Waals surface area contributed by atoms with Crippen molar-refractivity contribution in [3.05, 3.63) is 0 Å². The van der Waals surface area contributed by atoms with Crippen LogP contribution in [0.3, 0.4) is 0 Å². The fourth-order valence-corrected chi connectivity index (χ4v) is 3.47. The van der Waals surface area contributed by atoms with E-state index >= 15 is 0 Å². The van der Waals surface area contributed by atoms with E-state index in [0.29, 0.717) is 0 Å². The Hall–Kier alpha value is -1.34. The van der Waals surface area contributed by atoms with Crippen molar-refractivity contribution in [3.8, 4) is 0 Å². The summed E-state index contributed by atoms with van der Waals surface area (Å²) in [5, 5.41) is 41.6. The molecular formula is C16H27NO10. The lowest BCUT2D eigenvalue weighted by atomic mass is 9.89. The molecule has 0 aromatic carbocycles. The summed E-state index contributed by atoms with van der Waals surface area (Å²) in [6.07, 6.45) is -7.91. The highest BCUT2D eigenvalue weighted by molar-refractivity contribution is 5.73. The predicted molar refractivity (Wildman–Crippen MR) is 87.3 cm³/mol. The molecule has 0 radical (unpaired) electrons. The van der Waals surface area contributed by atoms with Crippen molar-refractivity contribution in [2.75, 3.05) is 13.7 Å². The number of aliphatic hydroxyl groups is 3. The molecule has 9 unspecified atom stereocenters. The lowest BCUT2D eigenvalue weighted by molar-refractivity contribution is -0.304. The molecule has 2 aliphatic rings. The first-order valence-electron chi connectivity index (χ1n) is 8.65. The minimum absolute atomic E-state index is 0.0704. The zero-order valence-electron chi connectivity index (χ0n) is 15.3. The molecule has 0 aromatic rings. The van der Waals surface area contributed by atoms with Crippen LogP contribution in [0.4, 0.5) is 0 Å². The van der Waals surface area contributed by atoms with Gasteiger partial charge in [0.1, 0.15) is 12.1 Å². The Morgan fingerprint density at radius 3 is 2.41 bits per heavy atom. The summed E-state index contributed by atoms with van der Waals surface area (Å²) in [7, 11) is 1.27. The summed E-state index contributed by atoms with van der Waals surface area (Å²) in [5.74, 6) is -2.22. The van der Waals surface area contributed by atoms with E-state index in [2.05, 4.69) is 5.32 Å². The van der Waals surface area contributed by atoms with Gasteiger partial charge in [-0.2, -0.15) is 0 Å². The summed E-state index contributed by atoms with van der Waals surface area (Å²) in [5.41, 5.74) is 0. The van der Waals surface area contributed by atoms with Gasteiger partial charge in [-0.15, -0.1) is 0 Å². The lowest BCUT2D eigenvalue weighted by Gasteiger charge is -2.46. The SMILES string of the molecule is COC1C(O)CC(OC2C(C)C(CO)OC(O)C2NC(C)=O)OC1C(=O)O. The van der Waals surface area contributed by atoms with E-state index in [1.54, 1.807) is 6.92 Å². The molecule has 0 bridgehead atoms. The third-order valence-electron chi connectivity index (χ3n) is 4.86. The molecule has 11 heteroatoms. The average Bonchev–Trinajstić information content (AvgIpc) is 2.59. The van der Waals surface area contributed by atoms with Crippen LogP contribution in [0.25, 0.3) is 0 Å². The minimum Gasteiger partial charge on any atom is -0.479 e. The molecule has 0 aliphatic carbocycles. The van der Waals surface area contributed by atoms with Gasteiger partial charge in [0.05, 0.1) is 24.9 Å². The number of aliphatic carboxylic acids is 1. The van der Waals surface area contributed by atoms with Gasteiger partial charge in [0.25, 0.3) is 0 Å². The number of carboxylic acids is 1. The molecule has 2 aliphatic heterocycles. The second kappa shape index (κ2) is 9.24. The maximum absolute atomic E-state index is 11.5. The van der Waals surface area contributed by atoms with Crippen molar-refractivity contribution in [1.29, 1.82) is 0 Å². The number of carbonyl (C=O) groups is 2. The lowest BCUT2D eigenvalue weighted by Crippen LogP contribution is -2.63. The second-order valence-corrected chi connectivity index (χ2v) is 6.76. The highest BCUT2D eigenvalue weighted by Crippen LogP contribution is 2.31. The molecule has 156 valence electrons. The second-order valence-electron chi connectivity index (χ2n) is 6.76. The van der Waals surface area contributed by atoms with Crippen LogP contribution in [-0.2, 0) is 28.5 Å². The standard InChI is InChI=1S/C16H27NO10/c1-6-9(5-18)25-16(23)11(17-7(2)19)12(6)26-10-4-8(20)13(24-3)14(27-10)15(21)22/h6,8-14,16,18,20,23H,4-5H2,1-3H3,(H,17,19)(H,21,22). The van der Waals surface area contributed by atoms with Crippen molar-refractivity contribution in [2.45, 2.75) is 69.4 Å². The third kappa shape index (κ3) is 4.93. The van der Waals surface area contributed by atoms with Crippen LogP contribution in [0.2, 0.25) is 0 Å². The Morgan fingerprint density at radius 2 is 1.89 bits per heavy atom. The van der Waals surface area contributed by atoms with Crippen LogP contribution in [0.15, 0.2) is 0 Å². The fourth-order valence-electron chi connectivity index (χ4n) is 3.47. The van der Waals surface area contributed by atoms with Gasteiger partial charge in [-0.25, -0.2) is 4.79 Å². The zero-order chi connectivity index (χ0) is 20.3. The van der Waals surface area contributed by atoms with Gasteiger partial charge in [0.15, 0.2) is 18.7 Å². The van der Waals surface area contributed by atoms with Crippen molar-refractivity contribution >= 4 is 11.9 Å². The van der Waals surface area contributed by atoms with E-state index < -0.39 is 66.9 Å². The molecule has 0 aromatic heterocycles. The van der Waals surface area contributed by atoms with E-state index in [4.69, 9.17) is 18.9 Å². The van der Waals surface area contributed by atoms with Gasteiger partial charge in [0.2, 0.25) is 5.91 Å². The largest absolute Gasteiger partial charge is 0.479 e. The number of aliphatic hydroxyl groups excluding tert-OH is 3. The minimum atomic E-state index is -1.45. The van der Waals surface area contributed by atoms with Gasteiger partial charge >= 0.3 is 5.97 Å². The van der Waals surface area contributed by atoms with Gasteiger partial charge < -0.3 is 44.7 Å². The Bertz CT molecular complexity index is 531. The summed E-state index contributed by atoms with van der Waals surface area (Å²) in [6.45, 7) is 2.57. The van der Waals surface area contributed by atoms with Crippen LogP contribution in [-0.4, -0.2) is 95.2 Å². The van der Waals surface area contributed by atoms with Crippen LogP contribution < -0.4 is 5.32 Å². The van der Waals surface area contributed by atoms with Crippen LogP contribution >= 0.6 is 0 Å². The summed E-state index contributed by atoms with van der Waals surface area (Å²) in [6, 6.07) is -0.968. The first-order chi connectivity index (χ1) is 12.7. The Kier molecular flexibility index (Phi) is 7.51. The van der Waals surface area contributed by atoms with Gasteiger partial charge in [-0.05, 0) is 0 Å². The van der Waals surface area contributed by atoms with Crippen LogP contribution in [0, 0.1) is 5.92 Å². The number of hydrogen-bond acceptors (Lipinski definition) is 9. The number of hydrogen-bond donors (Lipinski definition) is 5. The number of amides is 1. The van der Waals surface area contributed by atoms with E-state index in [1.165, 1.54) is 14.0 Å². The maximum atomic E-state index is 11.5. The molecule has 2 fully saturated rings. The summed E-state index contributed by atoms with van der Waals surface area (Å²) >= 11 is 0. The molecule has 9 atom stereocenters. The zero-order valence-corrected chi connectivity index (χ0v) is 15.3. The van der Waals surface area contributed by atoms with E-state index in [1.807, 2.05) is 0 Å². The summed E-state index contributed by atoms with van der Waals surface area (Å²) in [4.78, 5) is 22.9. The fraction of sp³-hybridized carbons (Fsp3) is 0.875. The number of methoxy groups -OCH3 is 1.